The van der Waals surface area contributed by atoms with Crippen LogP contribution in [0, 0.1) is 13.8 Å². The minimum Gasteiger partial charge on any atom is -0.493 e. The lowest BCUT2D eigenvalue weighted by molar-refractivity contribution is 0.299. The van der Waals surface area contributed by atoms with Crippen LogP contribution in [0.2, 0.25) is 0 Å². The third-order valence-corrected chi connectivity index (χ3v) is 6.34. The molecular weight excluding hydrogens is 416 g/mol. The van der Waals surface area contributed by atoms with Crippen molar-refractivity contribution in [3.05, 3.63) is 131 Å². The molecule has 0 spiro atoms. The number of hydrogen-bond donors (Lipinski definition) is 0. The van der Waals surface area contributed by atoms with Crippen molar-refractivity contribution in [2.75, 3.05) is 6.61 Å². The Kier molecular flexibility index (Phi) is 6.44. The molecule has 0 aliphatic heterocycles. The minimum absolute atomic E-state index is 0.0646. The fourth-order valence-electron chi connectivity index (χ4n) is 4.60. The molecule has 170 valence electrons. The van der Waals surface area contributed by atoms with Gasteiger partial charge in [-0.15, -0.1) is 0 Å². The van der Waals surface area contributed by atoms with Crippen LogP contribution in [-0.2, 0) is 6.54 Å². The third-order valence-electron chi connectivity index (χ3n) is 6.34. The van der Waals surface area contributed by atoms with Crippen molar-refractivity contribution >= 4 is 11.0 Å². The quantitative estimate of drug-likeness (QED) is 0.234. The number of para-hydroxylation sites is 2. The Morgan fingerprint density at radius 2 is 1.41 bits per heavy atom. The number of nitrogens with zero attached hydrogens (tertiary/aromatic N) is 2. The minimum atomic E-state index is 0.0646. The maximum absolute atomic E-state index is 6.16. The highest BCUT2D eigenvalue weighted by atomic mass is 16.5. The smallest absolute Gasteiger partial charge is 0.122 e. The molecule has 0 saturated carbocycles. The first-order valence-electron chi connectivity index (χ1n) is 12.0. The van der Waals surface area contributed by atoms with Crippen molar-refractivity contribution in [1.29, 1.82) is 0 Å². The Labute approximate surface area is 201 Å². The van der Waals surface area contributed by atoms with Gasteiger partial charge in [-0.05, 0) is 60.7 Å². The monoisotopic (exact) mass is 446 g/mol. The van der Waals surface area contributed by atoms with Gasteiger partial charge in [-0.2, -0.15) is 0 Å². The molecule has 0 atom stereocenters. The van der Waals surface area contributed by atoms with E-state index in [0.29, 0.717) is 6.61 Å². The molecule has 3 nitrogen and oxygen atoms in total. The summed E-state index contributed by atoms with van der Waals surface area (Å²) in [5.74, 6) is 2.11. The van der Waals surface area contributed by atoms with E-state index in [1.165, 1.54) is 27.8 Å². The van der Waals surface area contributed by atoms with E-state index in [9.17, 15) is 0 Å². The average Bonchev–Trinajstić information content (AvgIpc) is 3.23. The lowest BCUT2D eigenvalue weighted by atomic mass is 9.90. The van der Waals surface area contributed by atoms with E-state index in [2.05, 4.69) is 122 Å². The average molecular weight is 447 g/mol. The van der Waals surface area contributed by atoms with Gasteiger partial charge in [0.15, 0.2) is 0 Å². The van der Waals surface area contributed by atoms with Crippen LogP contribution in [0.3, 0.4) is 0 Å². The first-order chi connectivity index (χ1) is 16.7. The van der Waals surface area contributed by atoms with Crippen molar-refractivity contribution in [1.82, 2.24) is 9.55 Å². The van der Waals surface area contributed by atoms with Gasteiger partial charge in [0, 0.05) is 6.54 Å². The van der Waals surface area contributed by atoms with Gasteiger partial charge in [0.1, 0.15) is 11.6 Å². The van der Waals surface area contributed by atoms with Gasteiger partial charge in [-0.3, -0.25) is 0 Å². The van der Waals surface area contributed by atoms with E-state index in [4.69, 9.17) is 9.72 Å². The van der Waals surface area contributed by atoms with Crippen molar-refractivity contribution in [2.24, 2.45) is 0 Å². The molecule has 5 rings (SSSR count). The molecule has 0 bridgehead atoms. The zero-order valence-electron chi connectivity index (χ0n) is 19.8. The summed E-state index contributed by atoms with van der Waals surface area (Å²) in [7, 11) is 0. The predicted molar refractivity (Wildman–Crippen MR) is 140 cm³/mol. The number of imidazole rings is 1. The summed E-state index contributed by atoms with van der Waals surface area (Å²) in [6.45, 7) is 5.71. The van der Waals surface area contributed by atoms with E-state index in [1.54, 1.807) is 0 Å². The summed E-state index contributed by atoms with van der Waals surface area (Å²) in [5.41, 5.74) is 7.09. The van der Waals surface area contributed by atoms with E-state index in [-0.39, 0.29) is 5.92 Å². The summed E-state index contributed by atoms with van der Waals surface area (Å²) in [5, 5.41) is 0. The number of hydrogen-bond acceptors (Lipinski definition) is 2. The summed E-state index contributed by atoms with van der Waals surface area (Å²) >= 11 is 0. The van der Waals surface area contributed by atoms with Crippen molar-refractivity contribution in [2.45, 2.75) is 32.7 Å². The van der Waals surface area contributed by atoms with Crippen LogP contribution >= 0.6 is 0 Å². The van der Waals surface area contributed by atoms with Crippen molar-refractivity contribution < 1.29 is 4.74 Å². The van der Waals surface area contributed by atoms with Crippen LogP contribution in [-0.4, -0.2) is 16.2 Å². The molecule has 1 heterocycles. The van der Waals surface area contributed by atoms with Gasteiger partial charge >= 0.3 is 0 Å². The molecule has 1 aromatic heterocycles. The second-order valence-corrected chi connectivity index (χ2v) is 8.84. The number of rotatable bonds is 8. The van der Waals surface area contributed by atoms with Crippen LogP contribution in [0.4, 0.5) is 0 Å². The fraction of sp³-hybridized carbons (Fsp3) is 0.194. The highest BCUT2D eigenvalue weighted by molar-refractivity contribution is 5.76. The normalized spacial score (nSPS) is 11.3. The Hall–Kier alpha value is -3.85. The number of aromatic nitrogens is 2. The highest BCUT2D eigenvalue weighted by Gasteiger charge is 2.23. The largest absolute Gasteiger partial charge is 0.493 e. The molecule has 0 fully saturated rings. The van der Waals surface area contributed by atoms with Gasteiger partial charge in [0.25, 0.3) is 0 Å². The van der Waals surface area contributed by atoms with Gasteiger partial charge < -0.3 is 9.30 Å². The number of fused-ring (bicyclic) bond motifs is 1. The SMILES string of the molecule is Cc1ccc(C)c(OCCCn2c(C(c3ccccc3)c3ccccc3)nc3ccccc32)c1. The molecule has 5 aromatic rings. The Morgan fingerprint density at radius 3 is 2.12 bits per heavy atom. The second-order valence-electron chi connectivity index (χ2n) is 8.84. The molecule has 0 aliphatic rings. The van der Waals surface area contributed by atoms with Crippen LogP contribution in [0.1, 0.15) is 40.4 Å². The predicted octanol–water partition coefficient (Wildman–Crippen LogP) is 7.30. The summed E-state index contributed by atoms with van der Waals surface area (Å²) < 4.78 is 8.55. The molecule has 0 unspecified atom stereocenters. The van der Waals surface area contributed by atoms with Gasteiger partial charge in [-0.1, -0.05) is 84.9 Å². The van der Waals surface area contributed by atoms with E-state index in [1.807, 2.05) is 0 Å². The highest BCUT2D eigenvalue weighted by Crippen LogP contribution is 2.33. The van der Waals surface area contributed by atoms with Crippen molar-refractivity contribution in [3.8, 4) is 5.75 Å². The molecule has 0 aliphatic carbocycles. The lowest BCUT2D eigenvalue weighted by Crippen LogP contribution is -2.14. The van der Waals surface area contributed by atoms with Crippen LogP contribution in [0.15, 0.2) is 103 Å². The third kappa shape index (κ3) is 4.60. The Morgan fingerprint density at radius 1 is 0.765 bits per heavy atom. The molecule has 34 heavy (non-hydrogen) atoms. The van der Waals surface area contributed by atoms with E-state index >= 15 is 0 Å². The molecule has 0 N–H and O–H groups in total. The molecule has 4 aromatic carbocycles. The Balaban J connectivity index is 1.48. The van der Waals surface area contributed by atoms with Gasteiger partial charge in [-0.25, -0.2) is 4.98 Å². The zero-order chi connectivity index (χ0) is 23.3. The summed E-state index contributed by atoms with van der Waals surface area (Å²) in [6, 6.07) is 36.2. The van der Waals surface area contributed by atoms with Gasteiger partial charge in [0.05, 0.1) is 23.6 Å². The zero-order valence-corrected chi connectivity index (χ0v) is 19.8. The fourth-order valence-corrected chi connectivity index (χ4v) is 4.60. The summed E-state index contributed by atoms with van der Waals surface area (Å²) in [4.78, 5) is 5.15. The Bertz CT molecular complexity index is 1330. The second kappa shape index (κ2) is 9.96. The van der Waals surface area contributed by atoms with Crippen LogP contribution in [0.25, 0.3) is 11.0 Å². The maximum Gasteiger partial charge on any atom is 0.122 e. The molecule has 0 amide bonds. The van der Waals surface area contributed by atoms with Crippen molar-refractivity contribution in [3.63, 3.8) is 0 Å². The molecule has 0 saturated heterocycles. The maximum atomic E-state index is 6.16. The first kappa shape index (κ1) is 22.0. The van der Waals surface area contributed by atoms with Gasteiger partial charge in [0.2, 0.25) is 0 Å². The topological polar surface area (TPSA) is 27.1 Å². The first-order valence-corrected chi connectivity index (χ1v) is 12.0. The lowest BCUT2D eigenvalue weighted by Gasteiger charge is -2.20. The molecular formula is C31H30N2O. The van der Waals surface area contributed by atoms with E-state index in [0.717, 1.165) is 30.1 Å². The molecule has 0 radical (unpaired) electrons. The summed E-state index contributed by atoms with van der Waals surface area (Å²) in [6.07, 6.45) is 0.900. The van der Waals surface area contributed by atoms with E-state index < -0.39 is 0 Å². The number of benzene rings is 4. The molecule has 3 heteroatoms. The van der Waals surface area contributed by atoms with Crippen LogP contribution in [0.5, 0.6) is 5.75 Å². The number of ether oxygens (including phenoxy) is 1. The standard InChI is InChI=1S/C31H30N2O/c1-23-18-19-24(2)29(22-23)34-21-11-20-33-28-17-10-9-16-27(28)32-31(33)30(25-12-5-3-6-13-25)26-14-7-4-8-15-26/h3-10,12-19,22,30H,11,20-21H2,1-2H3. The number of aryl methyl sites for hydroxylation is 3. The van der Waals surface area contributed by atoms with Crippen LogP contribution < -0.4 is 4.74 Å².